The van der Waals surface area contributed by atoms with Crippen LogP contribution >= 0.6 is 0 Å². The van der Waals surface area contributed by atoms with Crippen LogP contribution in [0.15, 0.2) is 47.6 Å². The number of methoxy groups -OCH3 is 3. The summed E-state index contributed by atoms with van der Waals surface area (Å²) in [5.74, 6) is -7.30. The number of amides is 1. The fraction of sp³-hybridized carbons (Fsp3) is 0.765. The van der Waals surface area contributed by atoms with Crippen LogP contribution in [0, 0.1) is 35.5 Å². The molecule has 4 aliphatic rings. The highest BCUT2D eigenvalue weighted by Crippen LogP contribution is 2.38. The number of nitrogens with zero attached hydrogens (tertiary/aromatic N) is 1. The van der Waals surface area contributed by atoms with E-state index in [1.54, 1.807) is 41.1 Å². The fourth-order valence-electron chi connectivity index (χ4n) is 10.3. The van der Waals surface area contributed by atoms with Crippen LogP contribution in [0.25, 0.3) is 0 Å². The van der Waals surface area contributed by atoms with Crippen molar-refractivity contribution in [2.24, 2.45) is 35.5 Å². The molecule has 14 nitrogen and oxygen atoms in total. The summed E-state index contributed by atoms with van der Waals surface area (Å²) in [5, 5.41) is 45.4. The summed E-state index contributed by atoms with van der Waals surface area (Å²) in [5.41, 5.74) is 1.23. The number of hydrogen-bond acceptors (Lipinski definition) is 13. The second-order valence-corrected chi connectivity index (χ2v) is 19.8. The lowest BCUT2D eigenvalue weighted by atomic mass is 9.78. The van der Waals surface area contributed by atoms with Gasteiger partial charge in [-0.25, -0.2) is 4.79 Å². The molecule has 2 saturated heterocycles. The third-order valence-corrected chi connectivity index (χ3v) is 14.7. The molecule has 0 aromatic heterocycles. The normalized spacial score (nSPS) is 39.0. The molecule has 0 radical (unpaired) electrons. The van der Waals surface area contributed by atoms with Gasteiger partial charge in [-0.3, -0.25) is 14.4 Å². The molecule has 16 atom stereocenters. The van der Waals surface area contributed by atoms with Crippen molar-refractivity contribution in [1.82, 2.24) is 4.90 Å². The molecule has 2 bridgehead atoms. The minimum atomic E-state index is -2.42. The number of fused-ring (bicyclic) bond motifs is 3. The van der Waals surface area contributed by atoms with Crippen molar-refractivity contribution in [2.45, 2.75) is 186 Å². The summed E-state index contributed by atoms with van der Waals surface area (Å²) in [4.78, 5) is 58.1. The SMILES string of the molecule is CO[C@H]1[C@@H](O)[C@H](C)C[C@H](C)C=CC=CC=C(C)[C@@H](OC)C[C@@H]2CC[C@@H](C)[C@@](O)(O2)C(=O)C(=O)N2CCCC[C@H]2C(=O)O[C@H]([C@H](C)C[C@@H]2CC[C@@H](O)[C@H](OC)C2)CC(=O)C(C)=CC(C)[C@H]1O. The Morgan fingerprint density at radius 1 is 0.846 bits per heavy atom. The highest BCUT2D eigenvalue weighted by molar-refractivity contribution is 6.39. The average molecular weight is 916 g/mol. The first-order valence-corrected chi connectivity index (χ1v) is 24.1. The molecular formula is C51H81NO13. The zero-order chi connectivity index (χ0) is 48.2. The standard InChI is InChI=1S/C51H81NO13/c1-30-16-12-11-13-17-31(2)42(61-8)28-38-21-19-36(7)51(60,65-38)48(57)49(58)52-23-15-14-18-39(52)50(59)64-43(33(4)26-37-20-22-40(53)44(27-37)62-9)29-41(54)32(3)25-35(6)46(56)47(63-10)45(55)34(5)24-30/h11-13,16-17,25,30,33-40,42-47,53,55-56,60H,14-15,18-24,26-29H2,1-10H3/t30-,33-,34-,35?,36-,37+,38+,39+,40-,42+,43+,44-,45+,46-,47+,51-/m1/s1. The van der Waals surface area contributed by atoms with Gasteiger partial charge in [0.05, 0.1) is 36.6 Å². The second-order valence-electron chi connectivity index (χ2n) is 19.8. The smallest absolute Gasteiger partial charge is 0.329 e. The van der Waals surface area contributed by atoms with Gasteiger partial charge in [0.2, 0.25) is 5.79 Å². The van der Waals surface area contributed by atoms with E-state index in [0.717, 1.165) is 12.0 Å². The van der Waals surface area contributed by atoms with Gasteiger partial charge in [0, 0.05) is 52.6 Å². The fourth-order valence-corrected chi connectivity index (χ4v) is 10.3. The first-order valence-electron chi connectivity index (χ1n) is 24.1. The molecule has 4 N–H and O–H groups in total. The number of carbonyl (C=O) groups excluding carboxylic acids is 4. The van der Waals surface area contributed by atoms with Gasteiger partial charge in [-0.15, -0.1) is 0 Å². The molecular weight excluding hydrogens is 835 g/mol. The Labute approximate surface area is 387 Å². The van der Waals surface area contributed by atoms with E-state index in [-0.39, 0.29) is 54.9 Å². The van der Waals surface area contributed by atoms with Crippen LogP contribution in [0.3, 0.4) is 0 Å². The molecule has 0 aromatic carbocycles. The van der Waals surface area contributed by atoms with Gasteiger partial charge in [-0.1, -0.05) is 71.1 Å². The highest BCUT2D eigenvalue weighted by atomic mass is 16.6. The number of aliphatic hydroxyl groups excluding tert-OH is 3. The third-order valence-electron chi connectivity index (χ3n) is 14.7. The van der Waals surface area contributed by atoms with Crippen molar-refractivity contribution in [3.63, 3.8) is 0 Å². The van der Waals surface area contributed by atoms with Gasteiger partial charge in [0.15, 0.2) is 5.78 Å². The van der Waals surface area contributed by atoms with Crippen molar-refractivity contribution in [1.29, 1.82) is 0 Å². The minimum absolute atomic E-state index is 0.0828. The van der Waals surface area contributed by atoms with Crippen molar-refractivity contribution in [2.75, 3.05) is 27.9 Å². The van der Waals surface area contributed by atoms with Crippen molar-refractivity contribution in [3.05, 3.63) is 47.6 Å². The number of allylic oxidation sites excluding steroid dienone is 6. The van der Waals surface area contributed by atoms with Gasteiger partial charge in [0.1, 0.15) is 18.2 Å². The molecule has 0 aromatic rings. The Bertz CT molecular complexity index is 1710. The number of Topliss-reactive ketones (excluding diaryl/α,β-unsaturated/α-hetero) is 2. The molecule has 1 aliphatic carbocycles. The van der Waals surface area contributed by atoms with E-state index in [4.69, 9.17) is 23.7 Å². The quantitative estimate of drug-likeness (QED) is 0.180. The molecule has 14 heteroatoms. The summed E-state index contributed by atoms with van der Waals surface area (Å²) < 4.78 is 29.5. The zero-order valence-electron chi connectivity index (χ0n) is 40.7. The van der Waals surface area contributed by atoms with Crippen LogP contribution in [-0.2, 0) is 42.9 Å². The number of carbonyl (C=O) groups is 4. The summed E-state index contributed by atoms with van der Waals surface area (Å²) in [6.45, 7) is 13.0. The Morgan fingerprint density at radius 3 is 2.25 bits per heavy atom. The highest BCUT2D eigenvalue weighted by Gasteiger charge is 2.53. The monoisotopic (exact) mass is 916 g/mol. The molecule has 4 rings (SSSR count). The summed E-state index contributed by atoms with van der Waals surface area (Å²) in [6.07, 6.45) is 10.9. The van der Waals surface area contributed by atoms with E-state index in [0.29, 0.717) is 63.4 Å². The first kappa shape index (κ1) is 54.5. The van der Waals surface area contributed by atoms with Gasteiger partial charge in [-0.2, -0.15) is 0 Å². The Morgan fingerprint density at radius 2 is 1.57 bits per heavy atom. The van der Waals surface area contributed by atoms with Crippen molar-refractivity contribution >= 4 is 23.4 Å². The minimum Gasteiger partial charge on any atom is -0.460 e. The van der Waals surface area contributed by atoms with Gasteiger partial charge >= 0.3 is 5.97 Å². The summed E-state index contributed by atoms with van der Waals surface area (Å²) >= 11 is 0. The van der Waals surface area contributed by atoms with Crippen LogP contribution in [0.1, 0.15) is 126 Å². The van der Waals surface area contributed by atoms with E-state index in [1.807, 2.05) is 58.1 Å². The lowest BCUT2D eigenvalue weighted by Crippen LogP contribution is -2.61. The molecule has 3 heterocycles. The zero-order valence-corrected chi connectivity index (χ0v) is 40.7. The molecule has 65 heavy (non-hydrogen) atoms. The van der Waals surface area contributed by atoms with E-state index < -0.39 is 84.1 Å². The number of rotatable bonds is 6. The van der Waals surface area contributed by atoms with Crippen LogP contribution < -0.4 is 0 Å². The van der Waals surface area contributed by atoms with Crippen LogP contribution in [-0.4, -0.2) is 137 Å². The van der Waals surface area contributed by atoms with Gasteiger partial charge < -0.3 is 49.0 Å². The Balaban J connectivity index is 1.70. The van der Waals surface area contributed by atoms with Gasteiger partial charge in [-0.05, 0) is 113 Å². The number of ether oxygens (including phenoxy) is 5. The van der Waals surface area contributed by atoms with Crippen LogP contribution in [0.5, 0.6) is 0 Å². The number of cyclic esters (lactones) is 1. The van der Waals surface area contributed by atoms with Crippen LogP contribution in [0.4, 0.5) is 0 Å². The number of ketones is 2. The topological polar surface area (TPSA) is 199 Å². The molecule has 1 unspecified atom stereocenters. The molecule has 368 valence electrons. The lowest BCUT2D eigenvalue weighted by molar-refractivity contribution is -0.265. The Hall–Kier alpha value is -3.08. The first-order chi connectivity index (χ1) is 30.7. The number of esters is 1. The average Bonchev–Trinajstić information content (AvgIpc) is 3.28. The van der Waals surface area contributed by atoms with Crippen molar-refractivity contribution < 1.29 is 63.3 Å². The molecule has 3 fully saturated rings. The maximum atomic E-state index is 14.4. The number of hydrogen-bond donors (Lipinski definition) is 4. The second kappa shape index (κ2) is 25.3. The molecule has 3 aliphatic heterocycles. The van der Waals surface area contributed by atoms with Crippen molar-refractivity contribution in [3.8, 4) is 0 Å². The third kappa shape index (κ3) is 14.5. The Kier molecular flexibility index (Phi) is 21.3. The number of piperidine rings is 1. The van der Waals surface area contributed by atoms with E-state index in [2.05, 4.69) is 0 Å². The molecule has 1 saturated carbocycles. The predicted octanol–water partition coefficient (Wildman–Crippen LogP) is 5.97. The molecule has 1 amide bonds. The lowest BCUT2D eigenvalue weighted by Gasteiger charge is -2.42. The molecule has 0 spiro atoms. The van der Waals surface area contributed by atoms with Gasteiger partial charge in [0.25, 0.3) is 11.7 Å². The largest absolute Gasteiger partial charge is 0.460 e. The summed E-state index contributed by atoms with van der Waals surface area (Å²) in [7, 11) is 4.60. The van der Waals surface area contributed by atoms with E-state index in [9.17, 15) is 39.6 Å². The maximum absolute atomic E-state index is 14.4. The van der Waals surface area contributed by atoms with E-state index in [1.165, 1.54) is 12.0 Å². The van der Waals surface area contributed by atoms with Crippen LogP contribution in [0.2, 0.25) is 0 Å². The summed E-state index contributed by atoms with van der Waals surface area (Å²) in [6, 6.07) is -1.13. The predicted molar refractivity (Wildman–Crippen MR) is 246 cm³/mol. The maximum Gasteiger partial charge on any atom is 0.329 e. The number of aliphatic hydroxyl groups is 4. The van der Waals surface area contributed by atoms with E-state index >= 15 is 0 Å².